The number of hydrogen-bond donors (Lipinski definition) is 2. The first-order valence-corrected chi connectivity index (χ1v) is 10.0. The van der Waals surface area contributed by atoms with Crippen molar-refractivity contribution in [2.24, 2.45) is 11.1 Å². The number of nitrogens with two attached hydrogens (primary N) is 1. The van der Waals surface area contributed by atoms with Crippen LogP contribution in [0.1, 0.15) is 12.8 Å². The Labute approximate surface area is 143 Å². The molecule has 0 spiro atoms. The lowest BCUT2D eigenvalue weighted by atomic mass is 10.00. The first kappa shape index (κ1) is 20.3. The second-order valence-electron chi connectivity index (χ2n) is 5.45. The zero-order valence-corrected chi connectivity index (χ0v) is 15.3. The van der Waals surface area contributed by atoms with E-state index in [1.54, 1.807) is 0 Å². The molecule has 1 saturated heterocycles. The van der Waals surface area contributed by atoms with Crippen molar-refractivity contribution in [2.75, 3.05) is 26.7 Å². The molecule has 0 saturated carbocycles. The third-order valence-electron chi connectivity index (χ3n) is 3.75. The van der Waals surface area contributed by atoms with Gasteiger partial charge in [-0.05, 0) is 50.6 Å². The minimum Gasteiger partial charge on any atom is -0.319 e. The average molecular weight is 384 g/mol. The highest BCUT2D eigenvalue weighted by Crippen LogP contribution is 2.24. The van der Waals surface area contributed by atoms with Crippen molar-refractivity contribution in [1.29, 1.82) is 0 Å². The molecule has 0 aromatic heterocycles. The van der Waals surface area contributed by atoms with Gasteiger partial charge in [-0.15, -0.1) is 12.4 Å². The Morgan fingerprint density at radius 3 is 2.52 bits per heavy atom. The molecular formula is C13H22ClN3O4S2. The minimum atomic E-state index is -3.93. The Morgan fingerprint density at radius 2 is 1.91 bits per heavy atom. The van der Waals surface area contributed by atoms with Crippen LogP contribution in [0.2, 0.25) is 0 Å². The van der Waals surface area contributed by atoms with Crippen LogP contribution in [0.15, 0.2) is 34.1 Å². The van der Waals surface area contributed by atoms with E-state index in [1.807, 2.05) is 7.05 Å². The van der Waals surface area contributed by atoms with Crippen molar-refractivity contribution in [3.8, 4) is 0 Å². The van der Waals surface area contributed by atoms with Crippen LogP contribution in [0.3, 0.4) is 0 Å². The predicted octanol–water partition coefficient (Wildman–Crippen LogP) is 0.376. The number of nitrogens with zero attached hydrogens (tertiary/aromatic N) is 1. The number of rotatable bonds is 5. The average Bonchev–Trinajstić information content (AvgIpc) is 2.47. The molecule has 0 radical (unpaired) electrons. The summed E-state index contributed by atoms with van der Waals surface area (Å²) >= 11 is 0. The fourth-order valence-corrected chi connectivity index (χ4v) is 4.90. The van der Waals surface area contributed by atoms with Gasteiger partial charge in [0.05, 0.1) is 9.79 Å². The standard InChI is InChI=1S/C13H21N3O4S2.ClH/c1-15-9-11-4-3-7-16(10-11)22(19,20)13-6-2-5-12(8-13)21(14,17)18;/h2,5-6,8,11,15H,3-4,7,9-10H2,1H3,(H2,14,17,18);1H. The highest BCUT2D eigenvalue weighted by molar-refractivity contribution is 7.90. The third-order valence-corrected chi connectivity index (χ3v) is 6.52. The summed E-state index contributed by atoms with van der Waals surface area (Å²) < 4.78 is 49.6. The van der Waals surface area contributed by atoms with Crippen LogP contribution in [0.5, 0.6) is 0 Å². The summed E-state index contributed by atoms with van der Waals surface area (Å²) in [5, 5.41) is 8.13. The van der Waals surface area contributed by atoms with Crippen LogP contribution in [0, 0.1) is 5.92 Å². The van der Waals surface area contributed by atoms with Gasteiger partial charge in [0.25, 0.3) is 0 Å². The van der Waals surface area contributed by atoms with Crippen LogP contribution < -0.4 is 10.5 Å². The fraction of sp³-hybridized carbons (Fsp3) is 0.538. The maximum Gasteiger partial charge on any atom is 0.243 e. The van der Waals surface area contributed by atoms with E-state index in [4.69, 9.17) is 5.14 Å². The van der Waals surface area contributed by atoms with Gasteiger partial charge in [-0.25, -0.2) is 22.0 Å². The molecular weight excluding hydrogens is 362 g/mol. The first-order chi connectivity index (χ1) is 10.2. The van der Waals surface area contributed by atoms with Crippen molar-refractivity contribution in [3.63, 3.8) is 0 Å². The molecule has 0 bridgehead atoms. The molecule has 23 heavy (non-hydrogen) atoms. The van der Waals surface area contributed by atoms with Crippen LogP contribution in [0.4, 0.5) is 0 Å². The fourth-order valence-electron chi connectivity index (χ4n) is 2.66. The van der Waals surface area contributed by atoms with E-state index in [0.717, 1.165) is 25.5 Å². The predicted molar refractivity (Wildman–Crippen MR) is 90.5 cm³/mol. The molecule has 3 N–H and O–H groups in total. The Morgan fingerprint density at radius 1 is 1.26 bits per heavy atom. The Hall–Kier alpha value is -0.710. The molecule has 1 unspecified atom stereocenters. The maximum atomic E-state index is 12.7. The number of nitrogens with one attached hydrogen (secondary N) is 1. The first-order valence-electron chi connectivity index (χ1n) is 7.03. The van der Waals surface area contributed by atoms with Gasteiger partial charge < -0.3 is 5.32 Å². The Kier molecular flexibility index (Phi) is 6.99. The number of primary sulfonamides is 1. The topological polar surface area (TPSA) is 110 Å². The van der Waals surface area contributed by atoms with Gasteiger partial charge in [0.15, 0.2) is 0 Å². The summed E-state index contributed by atoms with van der Waals surface area (Å²) in [6.45, 7) is 1.63. The number of halogens is 1. The summed E-state index contributed by atoms with van der Waals surface area (Å²) in [4.78, 5) is -0.235. The van der Waals surface area contributed by atoms with Gasteiger partial charge in [0.1, 0.15) is 0 Å². The maximum absolute atomic E-state index is 12.7. The molecule has 1 fully saturated rings. The Balaban J connectivity index is 0.00000264. The largest absolute Gasteiger partial charge is 0.319 e. The van der Waals surface area contributed by atoms with Gasteiger partial charge in [0.2, 0.25) is 20.0 Å². The summed E-state index contributed by atoms with van der Waals surface area (Å²) in [5.74, 6) is 0.259. The van der Waals surface area contributed by atoms with E-state index >= 15 is 0 Å². The van der Waals surface area contributed by atoms with Crippen molar-refractivity contribution in [1.82, 2.24) is 9.62 Å². The van der Waals surface area contributed by atoms with Crippen molar-refractivity contribution >= 4 is 32.5 Å². The smallest absolute Gasteiger partial charge is 0.243 e. The summed E-state index contributed by atoms with van der Waals surface area (Å²) in [6.07, 6.45) is 1.77. The minimum absolute atomic E-state index is 0. The molecule has 0 aliphatic carbocycles. The molecule has 1 aromatic carbocycles. The zero-order chi connectivity index (χ0) is 16.4. The van der Waals surface area contributed by atoms with Gasteiger partial charge in [-0.3, -0.25) is 0 Å². The van der Waals surface area contributed by atoms with E-state index < -0.39 is 20.0 Å². The van der Waals surface area contributed by atoms with E-state index in [0.29, 0.717) is 13.1 Å². The summed E-state index contributed by atoms with van der Waals surface area (Å²) in [5.41, 5.74) is 0. The highest BCUT2D eigenvalue weighted by Gasteiger charge is 2.30. The zero-order valence-electron chi connectivity index (χ0n) is 12.8. The molecule has 1 aromatic rings. The molecule has 0 amide bonds. The van der Waals surface area contributed by atoms with Gasteiger partial charge >= 0.3 is 0 Å². The molecule has 1 aliphatic rings. The molecule has 2 rings (SSSR count). The van der Waals surface area contributed by atoms with E-state index in [2.05, 4.69) is 5.32 Å². The number of hydrogen-bond acceptors (Lipinski definition) is 5. The molecule has 1 heterocycles. The van der Waals surface area contributed by atoms with Crippen molar-refractivity contribution in [3.05, 3.63) is 24.3 Å². The SMILES string of the molecule is CNCC1CCCN(S(=O)(=O)c2cccc(S(N)(=O)=O)c2)C1.Cl. The van der Waals surface area contributed by atoms with Crippen LogP contribution in [-0.2, 0) is 20.0 Å². The van der Waals surface area contributed by atoms with Crippen molar-refractivity contribution in [2.45, 2.75) is 22.6 Å². The lowest BCUT2D eigenvalue weighted by Crippen LogP contribution is -2.42. The van der Waals surface area contributed by atoms with E-state index in [9.17, 15) is 16.8 Å². The van der Waals surface area contributed by atoms with Crippen LogP contribution >= 0.6 is 12.4 Å². The second-order valence-corrected chi connectivity index (χ2v) is 8.95. The monoisotopic (exact) mass is 383 g/mol. The van der Waals surface area contributed by atoms with Crippen LogP contribution in [0.25, 0.3) is 0 Å². The van der Waals surface area contributed by atoms with Gasteiger partial charge in [0, 0.05) is 13.1 Å². The summed E-state index contributed by atoms with van der Waals surface area (Å²) in [7, 11) is -5.80. The van der Waals surface area contributed by atoms with Crippen LogP contribution in [-0.4, -0.2) is 47.8 Å². The molecule has 7 nitrogen and oxygen atoms in total. The third kappa shape index (κ3) is 4.88. The highest BCUT2D eigenvalue weighted by atomic mass is 35.5. The summed E-state index contributed by atoms with van der Waals surface area (Å²) in [6, 6.07) is 5.19. The van der Waals surface area contributed by atoms with E-state index in [-0.39, 0.29) is 28.1 Å². The van der Waals surface area contributed by atoms with Crippen molar-refractivity contribution < 1.29 is 16.8 Å². The number of benzene rings is 1. The van der Waals surface area contributed by atoms with Gasteiger partial charge in [-0.2, -0.15) is 4.31 Å². The lowest BCUT2D eigenvalue weighted by molar-refractivity contribution is 0.263. The Bertz CT molecular complexity index is 735. The molecule has 10 heteroatoms. The lowest BCUT2D eigenvalue weighted by Gasteiger charge is -2.31. The number of piperidine rings is 1. The molecule has 1 atom stereocenters. The number of sulfonamides is 2. The normalized spacial score (nSPS) is 20.0. The second kappa shape index (κ2) is 7.91. The van der Waals surface area contributed by atoms with Gasteiger partial charge in [-0.1, -0.05) is 6.07 Å². The quantitative estimate of drug-likeness (QED) is 0.763. The molecule has 132 valence electrons. The molecule has 1 aliphatic heterocycles. The van der Waals surface area contributed by atoms with E-state index in [1.165, 1.54) is 22.5 Å².